The highest BCUT2D eigenvalue weighted by Gasteiger charge is 2.37. The van der Waals surface area contributed by atoms with Gasteiger partial charge < -0.3 is 9.42 Å². The van der Waals surface area contributed by atoms with E-state index in [1.807, 2.05) is 0 Å². The molecule has 0 bridgehead atoms. The van der Waals surface area contributed by atoms with E-state index >= 15 is 0 Å². The van der Waals surface area contributed by atoms with Gasteiger partial charge in [0.05, 0.1) is 10.8 Å². The molecule has 2 unspecified atom stereocenters. The van der Waals surface area contributed by atoms with Crippen LogP contribution in [0.3, 0.4) is 0 Å². The molecule has 3 rings (SSSR count). The molecule has 2 aromatic heterocycles. The summed E-state index contributed by atoms with van der Waals surface area (Å²) in [6.07, 6.45) is -2.03. The molecule has 28 heavy (non-hydrogen) atoms. The summed E-state index contributed by atoms with van der Waals surface area (Å²) < 4.78 is 57.0. The van der Waals surface area contributed by atoms with Gasteiger partial charge in [-0.2, -0.15) is 18.3 Å². The molecular formula is C16H20F3N5O3S. The molecule has 1 saturated heterocycles. The number of hydrogen-bond donors (Lipinski definition) is 1. The number of piperidine rings is 1. The maximum atomic E-state index is 12.8. The third-order valence-electron chi connectivity index (χ3n) is 4.83. The summed E-state index contributed by atoms with van der Waals surface area (Å²) in [5.74, 6) is 0.333. The van der Waals surface area contributed by atoms with Crippen LogP contribution in [-0.4, -0.2) is 48.4 Å². The molecule has 0 saturated carbocycles. The number of aromatic nitrogens is 3. The van der Waals surface area contributed by atoms with Crippen LogP contribution in [0.1, 0.15) is 25.5 Å². The summed E-state index contributed by atoms with van der Waals surface area (Å²) in [4.78, 5) is 13.8. The van der Waals surface area contributed by atoms with Crippen LogP contribution in [0, 0.1) is 5.92 Å². The van der Waals surface area contributed by atoms with Gasteiger partial charge in [0, 0.05) is 37.5 Å². The highest BCUT2D eigenvalue weighted by Crippen LogP contribution is 2.31. The number of likely N-dealkylation sites (tertiary alicyclic amines) is 1. The summed E-state index contributed by atoms with van der Waals surface area (Å²) in [6, 6.07) is 2.06. The van der Waals surface area contributed by atoms with Crippen molar-refractivity contribution in [3.8, 4) is 0 Å². The van der Waals surface area contributed by atoms with E-state index < -0.39 is 22.7 Å². The average Bonchev–Trinajstić information content (AvgIpc) is 3.29. The van der Waals surface area contributed by atoms with Crippen molar-refractivity contribution >= 4 is 22.6 Å². The zero-order chi connectivity index (χ0) is 20.5. The molecule has 12 heteroatoms. The lowest BCUT2D eigenvalue weighted by atomic mass is 9.94. The van der Waals surface area contributed by atoms with Crippen molar-refractivity contribution in [2.75, 3.05) is 18.4 Å². The normalized spacial score (nSPS) is 18.1. The first-order valence-electron chi connectivity index (χ1n) is 8.65. The van der Waals surface area contributed by atoms with E-state index in [2.05, 4.69) is 20.1 Å². The number of carbonyl (C=O) groups excluding carboxylic acids is 1. The van der Waals surface area contributed by atoms with Crippen molar-refractivity contribution in [1.82, 2.24) is 19.8 Å². The molecule has 3 heterocycles. The highest BCUT2D eigenvalue weighted by molar-refractivity contribution is 7.85. The van der Waals surface area contributed by atoms with Crippen LogP contribution in [0.4, 0.5) is 23.8 Å². The monoisotopic (exact) mass is 419 g/mol. The minimum atomic E-state index is -4.58. The van der Waals surface area contributed by atoms with Gasteiger partial charge in [0.1, 0.15) is 11.3 Å². The first kappa shape index (κ1) is 20.4. The van der Waals surface area contributed by atoms with Crippen LogP contribution in [-0.2, 0) is 24.0 Å². The van der Waals surface area contributed by atoms with E-state index in [0.29, 0.717) is 31.7 Å². The van der Waals surface area contributed by atoms with Gasteiger partial charge in [0.15, 0.2) is 11.5 Å². The van der Waals surface area contributed by atoms with Crippen LogP contribution in [0.2, 0.25) is 0 Å². The maximum Gasteiger partial charge on any atom is 0.435 e. The molecule has 2 amide bonds. The Hall–Kier alpha value is -2.37. The lowest BCUT2D eigenvalue weighted by Crippen LogP contribution is -2.43. The molecule has 8 nitrogen and oxygen atoms in total. The predicted molar refractivity (Wildman–Crippen MR) is 93.9 cm³/mol. The number of amides is 2. The SMILES string of the molecule is CC(C1CCN(C(=O)Nc2ccon2)CC1)S(=O)c1cc(C(F)(F)F)nn1C. The van der Waals surface area contributed by atoms with Crippen molar-refractivity contribution < 1.29 is 26.7 Å². The van der Waals surface area contributed by atoms with Gasteiger partial charge in [-0.05, 0) is 18.8 Å². The summed E-state index contributed by atoms with van der Waals surface area (Å²) in [5, 5.41) is 9.34. The van der Waals surface area contributed by atoms with Gasteiger partial charge in [-0.15, -0.1) is 0 Å². The van der Waals surface area contributed by atoms with Gasteiger partial charge in [0.2, 0.25) is 0 Å². The zero-order valence-corrected chi connectivity index (χ0v) is 16.1. The Morgan fingerprint density at radius 2 is 2.07 bits per heavy atom. The molecule has 154 valence electrons. The molecule has 2 atom stereocenters. The second-order valence-electron chi connectivity index (χ2n) is 6.63. The Balaban J connectivity index is 1.59. The quantitative estimate of drug-likeness (QED) is 0.823. The highest BCUT2D eigenvalue weighted by atomic mass is 32.2. The van der Waals surface area contributed by atoms with Gasteiger partial charge in [-0.3, -0.25) is 14.2 Å². The summed E-state index contributed by atoms with van der Waals surface area (Å²) in [7, 11) is -0.287. The minimum absolute atomic E-state index is 0.0150. The van der Waals surface area contributed by atoms with E-state index in [1.54, 1.807) is 11.8 Å². The molecule has 1 aliphatic heterocycles. The second kappa shape index (κ2) is 7.94. The van der Waals surface area contributed by atoms with Crippen LogP contribution >= 0.6 is 0 Å². The fourth-order valence-electron chi connectivity index (χ4n) is 3.18. The predicted octanol–water partition coefficient (Wildman–Crippen LogP) is 2.87. The molecule has 0 radical (unpaired) electrons. The molecule has 1 fully saturated rings. The number of urea groups is 1. The number of alkyl halides is 3. The van der Waals surface area contributed by atoms with Crippen molar-refractivity contribution in [3.05, 3.63) is 24.1 Å². The average molecular weight is 419 g/mol. The largest absolute Gasteiger partial charge is 0.435 e. The molecular weight excluding hydrogens is 399 g/mol. The third-order valence-corrected chi connectivity index (χ3v) is 6.69. The summed E-state index contributed by atoms with van der Waals surface area (Å²) >= 11 is 0. The van der Waals surface area contributed by atoms with E-state index in [4.69, 9.17) is 0 Å². The Morgan fingerprint density at radius 3 is 2.61 bits per heavy atom. The fourth-order valence-corrected chi connectivity index (χ4v) is 4.71. The lowest BCUT2D eigenvalue weighted by molar-refractivity contribution is -0.141. The molecule has 1 aliphatic rings. The van der Waals surface area contributed by atoms with Crippen LogP contribution < -0.4 is 5.32 Å². The van der Waals surface area contributed by atoms with Gasteiger partial charge >= 0.3 is 12.2 Å². The second-order valence-corrected chi connectivity index (χ2v) is 8.39. The smallest absolute Gasteiger partial charge is 0.363 e. The number of nitrogens with one attached hydrogen (secondary N) is 1. The van der Waals surface area contributed by atoms with Gasteiger partial charge in [-0.25, -0.2) is 4.79 Å². The Bertz CT molecular complexity index is 844. The number of carbonyl (C=O) groups is 1. The Kier molecular flexibility index (Phi) is 5.77. The van der Waals surface area contributed by atoms with Crippen molar-refractivity contribution in [3.63, 3.8) is 0 Å². The van der Waals surface area contributed by atoms with Crippen LogP contribution in [0.25, 0.3) is 0 Å². The summed E-state index contributed by atoms with van der Waals surface area (Å²) in [6.45, 7) is 2.66. The van der Waals surface area contributed by atoms with E-state index in [1.165, 1.54) is 19.4 Å². The van der Waals surface area contributed by atoms with E-state index in [9.17, 15) is 22.2 Å². The number of nitrogens with zero attached hydrogens (tertiary/aromatic N) is 4. The first-order valence-corrected chi connectivity index (χ1v) is 9.86. The van der Waals surface area contributed by atoms with E-state index in [0.717, 1.165) is 10.7 Å². The lowest BCUT2D eigenvalue weighted by Gasteiger charge is -2.34. The molecule has 0 spiro atoms. The minimum Gasteiger partial charge on any atom is -0.363 e. The topological polar surface area (TPSA) is 93.3 Å². The van der Waals surface area contributed by atoms with Gasteiger partial charge in [0.25, 0.3) is 0 Å². The van der Waals surface area contributed by atoms with Gasteiger partial charge in [-0.1, -0.05) is 12.1 Å². The molecule has 0 aliphatic carbocycles. The fraction of sp³-hybridized carbons (Fsp3) is 0.562. The number of hydrogen-bond acceptors (Lipinski definition) is 5. The van der Waals surface area contributed by atoms with Crippen LogP contribution in [0.15, 0.2) is 27.9 Å². The number of halogens is 3. The number of anilines is 1. The van der Waals surface area contributed by atoms with Crippen LogP contribution in [0.5, 0.6) is 0 Å². The molecule has 0 aromatic carbocycles. The first-order chi connectivity index (χ1) is 13.2. The van der Waals surface area contributed by atoms with Crippen molar-refractivity contribution in [2.45, 2.75) is 36.2 Å². The Labute approximate surface area is 161 Å². The third kappa shape index (κ3) is 4.37. The Morgan fingerprint density at radius 1 is 1.39 bits per heavy atom. The van der Waals surface area contributed by atoms with Crippen molar-refractivity contribution in [1.29, 1.82) is 0 Å². The number of aryl methyl sites for hydroxylation is 1. The summed E-state index contributed by atoms with van der Waals surface area (Å²) in [5.41, 5.74) is -1.05. The molecule has 1 N–H and O–H groups in total. The van der Waals surface area contributed by atoms with Crippen molar-refractivity contribution in [2.24, 2.45) is 13.0 Å². The number of rotatable bonds is 4. The standard InChI is InChI=1S/C16H20F3N5O3S/c1-10(28(26)14-9-12(16(17,18)19)21-23(14)2)11-3-6-24(7-4-11)15(25)20-13-5-8-27-22-13/h5,8-11H,3-4,6-7H2,1-2H3,(H,20,22,25). The molecule has 2 aromatic rings. The maximum absolute atomic E-state index is 12.8. The zero-order valence-electron chi connectivity index (χ0n) is 15.3. The van der Waals surface area contributed by atoms with E-state index in [-0.39, 0.29) is 22.2 Å².